The molecule has 0 radical (unpaired) electrons. The normalized spacial score (nSPS) is 32.7. The molecule has 3 heteroatoms. The molecule has 1 aliphatic heterocycles. The van der Waals surface area contributed by atoms with E-state index >= 15 is 0 Å². The van der Waals surface area contributed by atoms with Crippen LogP contribution in [0.3, 0.4) is 0 Å². The summed E-state index contributed by atoms with van der Waals surface area (Å²) in [5, 5.41) is 3.43. The molecule has 3 nitrogen and oxygen atoms in total. The Balaban J connectivity index is 1.80. The molecule has 1 heterocycles. The van der Waals surface area contributed by atoms with Gasteiger partial charge >= 0.3 is 0 Å². The molecule has 0 bridgehead atoms. The first-order valence-corrected chi connectivity index (χ1v) is 5.99. The molecule has 15 heavy (non-hydrogen) atoms. The topological polar surface area (TPSA) is 32.3 Å². The molecule has 2 fully saturated rings. The van der Waals surface area contributed by atoms with Crippen molar-refractivity contribution in [1.29, 1.82) is 0 Å². The van der Waals surface area contributed by atoms with Crippen molar-refractivity contribution in [3.63, 3.8) is 0 Å². The molecular formula is C12H22N2O. The lowest BCUT2D eigenvalue weighted by molar-refractivity contribution is -0.132. The Hall–Kier alpha value is -0.570. The van der Waals surface area contributed by atoms with E-state index in [2.05, 4.69) is 19.2 Å². The fourth-order valence-corrected chi connectivity index (χ4v) is 2.49. The molecule has 1 aliphatic carbocycles. The number of hydrogen-bond acceptors (Lipinski definition) is 2. The van der Waals surface area contributed by atoms with Crippen molar-refractivity contribution < 1.29 is 4.79 Å². The van der Waals surface area contributed by atoms with Gasteiger partial charge in [0.2, 0.25) is 5.91 Å². The maximum Gasteiger partial charge on any atom is 0.226 e. The highest BCUT2D eigenvalue weighted by molar-refractivity contribution is 5.82. The average Bonchev–Trinajstić information content (AvgIpc) is 2.63. The van der Waals surface area contributed by atoms with Crippen LogP contribution in [0.1, 0.15) is 33.1 Å². The lowest BCUT2D eigenvalue weighted by atomic mass is 10.1. The van der Waals surface area contributed by atoms with E-state index in [1.165, 1.54) is 12.8 Å². The Labute approximate surface area is 92.2 Å². The molecule has 0 aromatic rings. The highest BCUT2D eigenvalue weighted by Gasteiger charge is 2.51. The van der Waals surface area contributed by atoms with E-state index in [9.17, 15) is 4.79 Å². The molecule has 86 valence electrons. The smallest absolute Gasteiger partial charge is 0.226 e. The first kappa shape index (κ1) is 10.9. The zero-order valence-corrected chi connectivity index (χ0v) is 10.0. The summed E-state index contributed by atoms with van der Waals surface area (Å²) in [6.45, 7) is 6.35. The second-order valence-electron chi connectivity index (χ2n) is 5.76. The second-order valence-corrected chi connectivity index (χ2v) is 5.76. The summed E-state index contributed by atoms with van der Waals surface area (Å²) in [6, 6.07) is 0.529. The summed E-state index contributed by atoms with van der Waals surface area (Å²) in [5.41, 5.74) is 0.258. The van der Waals surface area contributed by atoms with Crippen LogP contribution in [-0.2, 0) is 4.79 Å². The minimum absolute atomic E-state index is 0.258. The number of rotatable bonds is 3. The van der Waals surface area contributed by atoms with Crippen LogP contribution in [0.15, 0.2) is 0 Å². The van der Waals surface area contributed by atoms with Gasteiger partial charge in [-0.05, 0) is 31.2 Å². The molecule has 0 spiro atoms. The summed E-state index contributed by atoms with van der Waals surface area (Å²) in [5.74, 6) is 0.623. The van der Waals surface area contributed by atoms with E-state index in [0.29, 0.717) is 11.9 Å². The Morgan fingerprint density at radius 2 is 2.20 bits per heavy atom. The molecule has 2 unspecified atom stereocenters. The maximum atomic E-state index is 12.0. The number of nitrogens with one attached hydrogen (secondary N) is 1. The van der Waals surface area contributed by atoms with Crippen molar-refractivity contribution in [1.82, 2.24) is 10.2 Å². The van der Waals surface area contributed by atoms with Crippen LogP contribution in [0.2, 0.25) is 0 Å². The molecule has 1 N–H and O–H groups in total. The molecular weight excluding hydrogens is 188 g/mol. The predicted octanol–water partition coefficient (Wildman–Crippen LogP) is 1.24. The first-order valence-electron chi connectivity index (χ1n) is 5.99. The van der Waals surface area contributed by atoms with Crippen LogP contribution in [0, 0.1) is 11.3 Å². The Morgan fingerprint density at radius 1 is 1.53 bits per heavy atom. The third kappa shape index (κ3) is 2.33. The van der Waals surface area contributed by atoms with Gasteiger partial charge in [0.05, 0.1) is 0 Å². The zero-order valence-electron chi connectivity index (χ0n) is 10.0. The van der Waals surface area contributed by atoms with Crippen molar-refractivity contribution in [2.24, 2.45) is 11.3 Å². The van der Waals surface area contributed by atoms with Gasteiger partial charge in [0.25, 0.3) is 0 Å². The molecule has 1 amide bonds. The number of hydrogen-bond donors (Lipinski definition) is 1. The molecule has 2 rings (SSSR count). The maximum absolute atomic E-state index is 12.0. The van der Waals surface area contributed by atoms with Gasteiger partial charge in [-0.3, -0.25) is 4.79 Å². The fourth-order valence-electron chi connectivity index (χ4n) is 2.49. The fraction of sp³-hybridized carbons (Fsp3) is 0.917. The van der Waals surface area contributed by atoms with Crippen LogP contribution in [-0.4, -0.2) is 37.0 Å². The Morgan fingerprint density at radius 3 is 2.67 bits per heavy atom. The van der Waals surface area contributed by atoms with Crippen molar-refractivity contribution in [3.05, 3.63) is 0 Å². The number of carbonyl (C=O) groups excluding carboxylic acids is 1. The highest BCUT2D eigenvalue weighted by atomic mass is 16.2. The summed E-state index contributed by atoms with van der Waals surface area (Å²) >= 11 is 0. The first-order chi connectivity index (χ1) is 7.00. The Bertz CT molecular complexity index is 256. The molecule has 2 atom stereocenters. The van der Waals surface area contributed by atoms with Gasteiger partial charge in [-0.1, -0.05) is 13.8 Å². The third-order valence-electron chi connectivity index (χ3n) is 3.84. The SMILES string of the molecule is CN(CC1CCCN1)C(=O)C1CC1(C)C. The number of amides is 1. The lowest BCUT2D eigenvalue weighted by Crippen LogP contribution is -2.39. The van der Waals surface area contributed by atoms with Gasteiger partial charge in [-0.2, -0.15) is 0 Å². The van der Waals surface area contributed by atoms with E-state index in [0.717, 1.165) is 19.5 Å². The summed E-state index contributed by atoms with van der Waals surface area (Å²) in [4.78, 5) is 13.9. The monoisotopic (exact) mass is 210 g/mol. The number of nitrogens with zero attached hydrogens (tertiary/aromatic N) is 1. The summed E-state index contributed by atoms with van der Waals surface area (Å²) in [7, 11) is 1.94. The number of likely N-dealkylation sites (N-methyl/N-ethyl adjacent to an activating group) is 1. The molecule has 0 aromatic carbocycles. The van der Waals surface area contributed by atoms with Gasteiger partial charge in [0, 0.05) is 25.6 Å². The zero-order chi connectivity index (χ0) is 11.1. The lowest BCUT2D eigenvalue weighted by Gasteiger charge is -2.22. The molecule has 1 saturated carbocycles. The van der Waals surface area contributed by atoms with E-state index in [1.54, 1.807) is 0 Å². The van der Waals surface area contributed by atoms with Crippen LogP contribution in [0.5, 0.6) is 0 Å². The van der Waals surface area contributed by atoms with Crippen LogP contribution in [0.4, 0.5) is 0 Å². The van der Waals surface area contributed by atoms with Gasteiger partial charge in [-0.25, -0.2) is 0 Å². The molecule has 0 aromatic heterocycles. The van der Waals surface area contributed by atoms with Crippen LogP contribution in [0.25, 0.3) is 0 Å². The van der Waals surface area contributed by atoms with Crippen LogP contribution < -0.4 is 5.32 Å². The predicted molar refractivity (Wildman–Crippen MR) is 60.5 cm³/mol. The summed E-state index contributed by atoms with van der Waals surface area (Å²) < 4.78 is 0. The quantitative estimate of drug-likeness (QED) is 0.760. The van der Waals surface area contributed by atoms with Crippen molar-refractivity contribution in [3.8, 4) is 0 Å². The van der Waals surface area contributed by atoms with E-state index < -0.39 is 0 Å². The standard InChI is InChI=1S/C12H22N2O/c1-12(2)7-10(12)11(15)14(3)8-9-5-4-6-13-9/h9-10,13H,4-8H2,1-3H3. The second kappa shape index (κ2) is 3.78. The largest absolute Gasteiger partial charge is 0.344 e. The third-order valence-corrected chi connectivity index (χ3v) is 3.84. The minimum atomic E-state index is 0.258. The van der Waals surface area contributed by atoms with Crippen molar-refractivity contribution in [2.75, 3.05) is 20.1 Å². The Kier molecular flexibility index (Phi) is 2.75. The highest BCUT2D eigenvalue weighted by Crippen LogP contribution is 2.52. The van der Waals surface area contributed by atoms with Gasteiger partial charge in [0.1, 0.15) is 0 Å². The van der Waals surface area contributed by atoms with E-state index in [1.807, 2.05) is 11.9 Å². The van der Waals surface area contributed by atoms with Gasteiger partial charge < -0.3 is 10.2 Å². The van der Waals surface area contributed by atoms with Gasteiger partial charge in [-0.15, -0.1) is 0 Å². The average molecular weight is 210 g/mol. The molecule has 2 aliphatic rings. The van der Waals surface area contributed by atoms with Crippen molar-refractivity contribution in [2.45, 2.75) is 39.2 Å². The van der Waals surface area contributed by atoms with Gasteiger partial charge in [0.15, 0.2) is 0 Å². The number of carbonyl (C=O) groups is 1. The van der Waals surface area contributed by atoms with Crippen LogP contribution >= 0.6 is 0 Å². The molecule has 1 saturated heterocycles. The van der Waals surface area contributed by atoms with E-state index in [4.69, 9.17) is 0 Å². The van der Waals surface area contributed by atoms with Crippen molar-refractivity contribution >= 4 is 5.91 Å². The minimum Gasteiger partial charge on any atom is -0.344 e. The van der Waals surface area contributed by atoms with E-state index in [-0.39, 0.29) is 11.3 Å². The summed E-state index contributed by atoms with van der Waals surface area (Å²) in [6.07, 6.45) is 3.53.